The molecule has 0 bridgehead atoms. The minimum atomic E-state index is -4.48. The molecule has 0 saturated carbocycles. The van der Waals surface area contributed by atoms with Crippen LogP contribution in [0.1, 0.15) is 24.9 Å². The minimum Gasteiger partial charge on any atom is -0.491 e. The first-order valence-corrected chi connectivity index (χ1v) is 10.9. The van der Waals surface area contributed by atoms with Crippen molar-refractivity contribution in [2.24, 2.45) is 5.73 Å². The number of hydrogen-bond donors (Lipinski definition) is 1. The Kier molecular flexibility index (Phi) is 5.61. The Bertz CT molecular complexity index is 1350. The second-order valence-electron chi connectivity index (χ2n) is 8.31. The molecule has 1 aromatic carbocycles. The van der Waals surface area contributed by atoms with Crippen LogP contribution in [0.15, 0.2) is 42.6 Å². The highest BCUT2D eigenvalue weighted by molar-refractivity contribution is 5.82. The first-order chi connectivity index (χ1) is 16.2. The molecule has 1 saturated heterocycles. The zero-order valence-electron chi connectivity index (χ0n) is 18.3. The van der Waals surface area contributed by atoms with Gasteiger partial charge in [-0.15, -0.1) is 10.2 Å². The molecule has 5 rings (SSSR count). The number of halogens is 4. The summed E-state index contributed by atoms with van der Waals surface area (Å²) in [5, 5.41) is 8.79. The van der Waals surface area contributed by atoms with E-state index in [1.165, 1.54) is 39.8 Å². The van der Waals surface area contributed by atoms with E-state index in [0.717, 1.165) is 0 Å². The van der Waals surface area contributed by atoms with Crippen LogP contribution in [0.2, 0.25) is 0 Å². The Morgan fingerprint density at radius 1 is 1.18 bits per heavy atom. The topological polar surface area (TPSA) is 81.6 Å². The largest absolute Gasteiger partial charge is 0.491 e. The van der Waals surface area contributed by atoms with Crippen LogP contribution >= 0.6 is 0 Å². The van der Waals surface area contributed by atoms with E-state index in [2.05, 4.69) is 15.2 Å². The molecule has 7 nitrogen and oxygen atoms in total. The van der Waals surface area contributed by atoms with Gasteiger partial charge in [0.15, 0.2) is 23.0 Å². The highest BCUT2D eigenvalue weighted by Gasteiger charge is 2.46. The molecule has 0 amide bonds. The van der Waals surface area contributed by atoms with Crippen LogP contribution in [0, 0.1) is 5.82 Å². The Morgan fingerprint density at radius 3 is 2.71 bits per heavy atom. The summed E-state index contributed by atoms with van der Waals surface area (Å²) in [6.45, 7) is 2.48. The molecule has 0 unspecified atom stereocenters. The number of nitrogens with two attached hydrogens (primary N) is 1. The van der Waals surface area contributed by atoms with Crippen molar-refractivity contribution >= 4 is 16.6 Å². The van der Waals surface area contributed by atoms with E-state index in [0.29, 0.717) is 35.3 Å². The summed E-state index contributed by atoms with van der Waals surface area (Å²) < 4.78 is 63.2. The summed E-state index contributed by atoms with van der Waals surface area (Å²) in [5.74, 6) is -0.147. The Morgan fingerprint density at radius 2 is 2.00 bits per heavy atom. The van der Waals surface area contributed by atoms with Crippen LogP contribution < -0.4 is 10.5 Å². The highest BCUT2D eigenvalue weighted by Crippen LogP contribution is 2.39. The number of nitrogens with zero attached hydrogens (tertiary/aromatic N) is 5. The summed E-state index contributed by atoms with van der Waals surface area (Å²) in [6.07, 6.45) is -2.57. The van der Waals surface area contributed by atoms with Crippen molar-refractivity contribution in [3.05, 3.63) is 54.0 Å². The van der Waals surface area contributed by atoms with Crippen molar-refractivity contribution in [2.75, 3.05) is 19.7 Å². The molecular formula is C23H22F4N6O. The number of pyridine rings is 2. The molecule has 4 aromatic rings. The van der Waals surface area contributed by atoms with Crippen molar-refractivity contribution in [3.8, 4) is 17.3 Å². The van der Waals surface area contributed by atoms with Gasteiger partial charge < -0.3 is 10.5 Å². The maximum Gasteiger partial charge on any atom is 0.408 e. The predicted molar refractivity (Wildman–Crippen MR) is 118 cm³/mol. The molecule has 34 heavy (non-hydrogen) atoms. The fourth-order valence-corrected chi connectivity index (χ4v) is 4.42. The standard InChI is InChI=1S/C23H22F4N6O/c1-2-34-19-10-18-13(9-16(19)24)3-5-17(29-18)22-31-30-20-6-4-14(11-33(20)22)21(23(25,26)27)32-8-7-15(28)12-32/h3-6,9-11,15,21H,2,7-8,12,28H2,1H3/t15-,21-/m0/s1. The third-order valence-electron chi connectivity index (χ3n) is 5.94. The number of aromatic nitrogens is 4. The Labute approximate surface area is 192 Å². The van der Waals surface area contributed by atoms with E-state index in [1.807, 2.05) is 0 Å². The maximum atomic E-state index is 14.2. The summed E-state index contributed by atoms with van der Waals surface area (Å²) in [5.41, 5.74) is 7.17. The zero-order valence-corrected chi connectivity index (χ0v) is 18.3. The predicted octanol–water partition coefficient (Wildman–Crippen LogP) is 4.12. The number of likely N-dealkylation sites (tertiary alicyclic amines) is 1. The average molecular weight is 474 g/mol. The SMILES string of the molecule is CCOc1cc2nc(-c3nnc4ccc([C@H](N5CC[C@H](N)C5)C(F)(F)F)cn34)ccc2cc1F. The average Bonchev–Trinajstić information content (AvgIpc) is 3.39. The fourth-order valence-electron chi connectivity index (χ4n) is 4.42. The van der Waals surface area contributed by atoms with Gasteiger partial charge >= 0.3 is 6.18 Å². The molecule has 178 valence electrons. The normalized spacial score (nSPS) is 18.1. The van der Waals surface area contributed by atoms with Gasteiger partial charge in [-0.2, -0.15) is 13.2 Å². The molecule has 0 spiro atoms. The van der Waals surface area contributed by atoms with Crippen molar-refractivity contribution < 1.29 is 22.3 Å². The molecule has 3 aromatic heterocycles. The van der Waals surface area contributed by atoms with Crippen molar-refractivity contribution in [2.45, 2.75) is 31.6 Å². The van der Waals surface area contributed by atoms with Gasteiger partial charge in [0.1, 0.15) is 11.7 Å². The molecule has 2 N–H and O–H groups in total. The molecule has 11 heteroatoms. The van der Waals surface area contributed by atoms with Crippen LogP contribution in [-0.4, -0.2) is 56.4 Å². The van der Waals surface area contributed by atoms with Gasteiger partial charge in [0.2, 0.25) is 0 Å². The molecule has 2 atom stereocenters. The summed E-state index contributed by atoms with van der Waals surface area (Å²) in [6, 6.07) is 6.96. The van der Waals surface area contributed by atoms with Crippen LogP contribution in [0.4, 0.5) is 17.6 Å². The van der Waals surface area contributed by atoms with Gasteiger partial charge in [-0.1, -0.05) is 12.1 Å². The van der Waals surface area contributed by atoms with Crippen molar-refractivity contribution in [1.82, 2.24) is 24.5 Å². The lowest BCUT2D eigenvalue weighted by Crippen LogP contribution is -2.38. The number of ether oxygens (including phenoxy) is 1. The molecule has 1 aliphatic heterocycles. The van der Waals surface area contributed by atoms with Crippen molar-refractivity contribution in [1.29, 1.82) is 0 Å². The molecule has 0 radical (unpaired) electrons. The van der Waals surface area contributed by atoms with E-state index in [9.17, 15) is 17.6 Å². The van der Waals surface area contributed by atoms with E-state index < -0.39 is 18.0 Å². The second-order valence-corrected chi connectivity index (χ2v) is 8.31. The van der Waals surface area contributed by atoms with Gasteiger partial charge in [-0.25, -0.2) is 9.37 Å². The van der Waals surface area contributed by atoms with Crippen LogP contribution in [0.5, 0.6) is 5.75 Å². The van der Waals surface area contributed by atoms with Gasteiger partial charge in [-0.05, 0) is 37.1 Å². The van der Waals surface area contributed by atoms with Crippen LogP contribution in [0.3, 0.4) is 0 Å². The number of benzene rings is 1. The van der Waals surface area contributed by atoms with Crippen molar-refractivity contribution in [3.63, 3.8) is 0 Å². The summed E-state index contributed by atoms with van der Waals surface area (Å²) in [7, 11) is 0. The second kappa shape index (κ2) is 8.48. The Balaban J connectivity index is 1.59. The number of hydrogen-bond acceptors (Lipinski definition) is 6. The smallest absolute Gasteiger partial charge is 0.408 e. The van der Waals surface area contributed by atoms with Gasteiger partial charge in [-0.3, -0.25) is 9.30 Å². The lowest BCUT2D eigenvalue weighted by molar-refractivity contribution is -0.183. The van der Waals surface area contributed by atoms with Crippen LogP contribution in [0.25, 0.3) is 28.1 Å². The molecule has 4 heterocycles. The van der Waals surface area contributed by atoms with E-state index in [-0.39, 0.29) is 36.3 Å². The van der Waals surface area contributed by atoms with E-state index in [1.54, 1.807) is 19.1 Å². The van der Waals surface area contributed by atoms with E-state index >= 15 is 0 Å². The lowest BCUT2D eigenvalue weighted by Gasteiger charge is -2.30. The molecular weight excluding hydrogens is 452 g/mol. The molecule has 1 fully saturated rings. The van der Waals surface area contributed by atoms with Gasteiger partial charge in [0, 0.05) is 36.8 Å². The Hall–Kier alpha value is -3.31. The van der Waals surface area contributed by atoms with Crippen LogP contribution in [-0.2, 0) is 0 Å². The quantitative estimate of drug-likeness (QED) is 0.439. The third-order valence-corrected chi connectivity index (χ3v) is 5.94. The maximum absolute atomic E-state index is 14.2. The number of fused-ring (bicyclic) bond motifs is 2. The lowest BCUT2D eigenvalue weighted by atomic mass is 10.1. The number of rotatable bonds is 5. The van der Waals surface area contributed by atoms with Gasteiger partial charge in [0.05, 0.1) is 12.1 Å². The summed E-state index contributed by atoms with van der Waals surface area (Å²) >= 11 is 0. The third kappa shape index (κ3) is 4.05. The molecule has 0 aliphatic carbocycles. The first-order valence-electron chi connectivity index (χ1n) is 10.9. The van der Waals surface area contributed by atoms with E-state index in [4.69, 9.17) is 10.5 Å². The summed E-state index contributed by atoms with van der Waals surface area (Å²) in [4.78, 5) is 5.90. The highest BCUT2D eigenvalue weighted by atomic mass is 19.4. The monoisotopic (exact) mass is 474 g/mol. The molecule has 1 aliphatic rings. The fraction of sp³-hybridized carbons (Fsp3) is 0.348. The first kappa shape index (κ1) is 22.5. The van der Waals surface area contributed by atoms with Gasteiger partial charge in [0.25, 0.3) is 0 Å². The zero-order chi connectivity index (χ0) is 24.0. The minimum absolute atomic E-state index is 0.0663. The number of alkyl halides is 3.